The van der Waals surface area contributed by atoms with Crippen molar-refractivity contribution in [3.8, 4) is 22.3 Å². The van der Waals surface area contributed by atoms with Crippen LogP contribution in [0.1, 0.15) is 115 Å². The number of halogens is 2. The summed E-state index contributed by atoms with van der Waals surface area (Å²) in [6.45, 7) is 9.36. The average molecular weight is 979 g/mol. The number of rotatable bonds is 6. The molecule has 0 N–H and O–H groups in total. The molecule has 8 aromatic rings. The van der Waals surface area contributed by atoms with Crippen LogP contribution in [-0.4, -0.2) is 9.52 Å². The molecule has 2 aliphatic carbocycles. The number of hydrogen-bond acceptors (Lipinski definition) is 0. The Hall–Kier alpha value is -3.26. The third-order valence-electron chi connectivity index (χ3n) is 14.1. The molecular weight excluding hydrogens is 911 g/mol. The standard InChI is InChI=1S/2C29H31.C2H6Si.2ClH.Zr/c2*1-29(16-7-3-2-4-8-17-29)21-22-18-25-12-9-13-27(28(25)19-22)26-15-14-23-10-5-6-11-24(23)20-26;1-3-2;;;/h2*5-6,9-15,18-20H,2-4,7-8,16-17,21H2,1H3;1-2H3;2*1H;/q2*-1;;;;+4/p-2. The summed E-state index contributed by atoms with van der Waals surface area (Å²) in [6, 6.07) is 54.4. The van der Waals surface area contributed by atoms with E-state index < -0.39 is 20.8 Å². The van der Waals surface area contributed by atoms with E-state index in [0.717, 1.165) is 9.52 Å². The molecule has 2 aliphatic rings. The van der Waals surface area contributed by atoms with Crippen molar-refractivity contribution in [3.63, 3.8) is 0 Å². The first-order chi connectivity index (χ1) is 31.2. The molecule has 0 amide bonds. The Morgan fingerprint density at radius 1 is 0.453 bits per heavy atom. The molecule has 0 bridgehead atoms. The Balaban J connectivity index is 0.000000171. The van der Waals surface area contributed by atoms with Gasteiger partial charge < -0.3 is 0 Å². The number of fused-ring (bicyclic) bond motifs is 4. The van der Waals surface area contributed by atoms with Crippen molar-refractivity contribution in [1.82, 2.24) is 0 Å². The van der Waals surface area contributed by atoms with Crippen molar-refractivity contribution in [2.45, 2.75) is 130 Å². The van der Waals surface area contributed by atoms with Crippen molar-refractivity contribution < 1.29 is 20.8 Å². The molecule has 0 aliphatic heterocycles. The van der Waals surface area contributed by atoms with Gasteiger partial charge in [0.15, 0.2) is 0 Å². The van der Waals surface area contributed by atoms with E-state index in [1.807, 2.05) is 0 Å². The molecule has 0 spiro atoms. The summed E-state index contributed by atoms with van der Waals surface area (Å²) < 4.78 is 0. The zero-order valence-corrected chi connectivity index (χ0v) is 43.9. The van der Waals surface area contributed by atoms with Gasteiger partial charge in [0.1, 0.15) is 0 Å². The second kappa shape index (κ2) is 24.0. The maximum absolute atomic E-state index is 4.93. The van der Waals surface area contributed by atoms with Gasteiger partial charge in [0.25, 0.3) is 0 Å². The molecule has 330 valence electrons. The second-order valence-corrected chi connectivity index (χ2v) is 24.3. The first-order valence-electron chi connectivity index (χ1n) is 24.1. The molecule has 0 aromatic heterocycles. The van der Waals surface area contributed by atoms with Crippen molar-refractivity contribution >= 4 is 69.6 Å². The quantitative estimate of drug-likeness (QED) is 0.115. The summed E-state index contributed by atoms with van der Waals surface area (Å²) >= 11 is -0.826. The molecule has 0 nitrogen and oxygen atoms in total. The minimum absolute atomic E-state index is 0.466. The number of hydrogen-bond donors (Lipinski definition) is 0. The van der Waals surface area contributed by atoms with Gasteiger partial charge in [-0.15, -0.1) is 69.1 Å². The van der Waals surface area contributed by atoms with E-state index in [1.54, 1.807) is 0 Å². The van der Waals surface area contributed by atoms with Gasteiger partial charge in [0.2, 0.25) is 0 Å². The molecule has 0 saturated heterocycles. The zero-order valence-electron chi connectivity index (χ0n) is 38.9. The molecule has 0 atom stereocenters. The molecule has 2 saturated carbocycles. The molecule has 64 heavy (non-hydrogen) atoms. The SMILES string of the molecule is CC1(Cc2cc3c(-c4ccc5ccccc5c4)cccc3[cH-]2)CCCCCCC1.CC1(Cc2cc3c(-c4ccc5ccccc5c4)cccc3[cH-]2)CCCCCCC1.C[Si]C.[Cl][Zr+2][Cl]. The first-order valence-corrected chi connectivity index (χ1v) is 32.5. The molecule has 0 unspecified atom stereocenters. The van der Waals surface area contributed by atoms with Crippen molar-refractivity contribution in [2.24, 2.45) is 10.8 Å². The molecule has 2 fully saturated rings. The first kappa shape index (κ1) is 48.7. The normalized spacial score (nSPS) is 16.1. The van der Waals surface area contributed by atoms with Gasteiger partial charge in [-0.25, -0.2) is 0 Å². The third-order valence-corrected chi connectivity index (χ3v) is 14.1. The fourth-order valence-electron chi connectivity index (χ4n) is 10.9. The van der Waals surface area contributed by atoms with Gasteiger partial charge >= 0.3 is 37.9 Å². The molecule has 4 heteroatoms. The van der Waals surface area contributed by atoms with Crippen LogP contribution < -0.4 is 0 Å². The van der Waals surface area contributed by atoms with Gasteiger partial charge in [0, 0.05) is 9.52 Å². The van der Waals surface area contributed by atoms with Crippen LogP contribution in [0, 0.1) is 10.8 Å². The summed E-state index contributed by atoms with van der Waals surface area (Å²) in [7, 11) is 11.0. The van der Waals surface area contributed by atoms with Gasteiger partial charge in [-0.1, -0.05) is 187 Å². The Bertz CT molecular complexity index is 2480. The molecule has 2 radical (unpaired) electrons. The van der Waals surface area contributed by atoms with Crippen LogP contribution in [0.5, 0.6) is 0 Å². The Kier molecular flexibility index (Phi) is 18.2. The summed E-state index contributed by atoms with van der Waals surface area (Å²) in [5.41, 5.74) is 9.35. The van der Waals surface area contributed by atoms with Crippen molar-refractivity contribution in [3.05, 3.63) is 157 Å². The Morgan fingerprint density at radius 3 is 1.17 bits per heavy atom. The van der Waals surface area contributed by atoms with E-state index in [0.29, 0.717) is 10.8 Å². The fourth-order valence-corrected chi connectivity index (χ4v) is 10.9. The summed E-state index contributed by atoms with van der Waals surface area (Å²) in [4.78, 5) is 0. The van der Waals surface area contributed by atoms with E-state index in [4.69, 9.17) is 17.0 Å². The summed E-state index contributed by atoms with van der Waals surface area (Å²) in [5, 5.41) is 10.8. The second-order valence-electron chi connectivity index (χ2n) is 19.5. The van der Waals surface area contributed by atoms with Crippen LogP contribution in [-0.2, 0) is 33.7 Å². The predicted molar refractivity (Wildman–Crippen MR) is 282 cm³/mol. The minimum atomic E-state index is -0.826. The molecule has 10 rings (SSSR count). The summed E-state index contributed by atoms with van der Waals surface area (Å²) in [5.74, 6) is 0. The van der Waals surface area contributed by atoms with Crippen LogP contribution in [0.25, 0.3) is 65.3 Å². The zero-order chi connectivity index (χ0) is 44.8. The van der Waals surface area contributed by atoms with Gasteiger partial charge in [-0.3, -0.25) is 0 Å². The molecule has 0 heterocycles. The number of benzene rings is 6. The topological polar surface area (TPSA) is 0 Å². The van der Waals surface area contributed by atoms with Gasteiger partial charge in [-0.05, 0) is 94.2 Å². The van der Waals surface area contributed by atoms with Crippen molar-refractivity contribution in [2.75, 3.05) is 0 Å². The average Bonchev–Trinajstić information content (AvgIpc) is 3.90. The van der Waals surface area contributed by atoms with E-state index in [9.17, 15) is 0 Å². The van der Waals surface area contributed by atoms with Gasteiger partial charge in [0.05, 0.1) is 0 Å². The predicted octanol–water partition coefficient (Wildman–Crippen LogP) is 19.5. The van der Waals surface area contributed by atoms with Gasteiger partial charge in [-0.2, -0.15) is 12.1 Å². The van der Waals surface area contributed by atoms with E-state index in [1.165, 1.54) is 179 Å². The monoisotopic (exact) mass is 976 g/mol. The molecular formula is C60H68Cl2SiZr. The van der Waals surface area contributed by atoms with E-state index >= 15 is 0 Å². The molecule has 8 aromatic carbocycles. The van der Waals surface area contributed by atoms with Crippen LogP contribution in [0.2, 0.25) is 13.1 Å². The van der Waals surface area contributed by atoms with Crippen LogP contribution >= 0.6 is 17.0 Å². The third kappa shape index (κ3) is 13.0. The van der Waals surface area contributed by atoms with Crippen LogP contribution in [0.4, 0.5) is 0 Å². The van der Waals surface area contributed by atoms with Crippen molar-refractivity contribution in [1.29, 1.82) is 0 Å². The van der Waals surface area contributed by atoms with E-state index in [2.05, 4.69) is 173 Å². The van der Waals surface area contributed by atoms with Crippen LogP contribution in [0.15, 0.2) is 146 Å². The summed E-state index contributed by atoms with van der Waals surface area (Å²) in [6.07, 6.45) is 22.1. The van der Waals surface area contributed by atoms with E-state index in [-0.39, 0.29) is 0 Å². The fraction of sp³-hybridized carbons (Fsp3) is 0.367. The Labute approximate surface area is 406 Å². The maximum atomic E-state index is 4.93. The Morgan fingerprint density at radius 2 is 0.797 bits per heavy atom. The van der Waals surface area contributed by atoms with Crippen LogP contribution in [0.3, 0.4) is 0 Å².